The van der Waals surface area contributed by atoms with Crippen molar-refractivity contribution in [2.75, 3.05) is 0 Å². The number of aromatic carboxylic acids is 2. The number of carbonyl (C=O) groups excluding carboxylic acids is 1. The minimum absolute atomic E-state index is 0.00824. The second-order valence-electron chi connectivity index (χ2n) is 9.80. The minimum Gasteiger partial charge on any atom is -0.478 e. The number of nitroso groups, excluding NO2 is 1. The summed E-state index contributed by atoms with van der Waals surface area (Å²) in [5.41, 5.74) is 10.1. The molecular weight excluding hydrogens is 460 g/mol. The first kappa shape index (κ1) is 30.7. The number of carbonyl (C=O) groups is 3. The molecule has 0 radical (unpaired) electrons. The number of hydrogen-bond donors (Lipinski definition) is 4. The lowest BCUT2D eigenvalue weighted by Gasteiger charge is -2.15. The highest BCUT2D eigenvalue weighted by Gasteiger charge is 2.21. The molecule has 36 heavy (non-hydrogen) atoms. The Morgan fingerprint density at radius 1 is 0.694 bits per heavy atom. The number of fused-ring (bicyclic) bond motifs is 1. The van der Waals surface area contributed by atoms with E-state index in [4.69, 9.17) is 10.6 Å². The van der Waals surface area contributed by atoms with E-state index < -0.39 is 17.8 Å². The number of aryl methyl sites for hydroxylation is 1. The van der Waals surface area contributed by atoms with Gasteiger partial charge in [-0.15, -0.1) is 0 Å². The molecule has 0 unspecified atom stereocenters. The van der Waals surface area contributed by atoms with Crippen molar-refractivity contribution in [3.8, 4) is 0 Å². The Morgan fingerprint density at radius 3 is 1.39 bits per heavy atom. The van der Waals surface area contributed by atoms with Crippen LogP contribution in [0.5, 0.6) is 0 Å². The molecule has 1 amide bonds. The van der Waals surface area contributed by atoms with E-state index in [-0.39, 0.29) is 27.5 Å². The third-order valence-corrected chi connectivity index (χ3v) is 6.88. The van der Waals surface area contributed by atoms with Gasteiger partial charge in [0.05, 0.1) is 11.1 Å². The number of carboxylic acids is 2. The molecule has 2 aliphatic carbocycles. The van der Waals surface area contributed by atoms with Crippen LogP contribution in [0.1, 0.15) is 115 Å². The van der Waals surface area contributed by atoms with Gasteiger partial charge in [-0.3, -0.25) is 4.79 Å². The standard InChI is InChI=1S/C14H11NO5.2C7H14.HNO/c1-6-2-3-9(14(19)20)11-7(12(15)16)4-5-8(10(6)11)13(17)18;2*1-7-5-3-2-4-6-7;1-2/h2-5H,1H3,(H2,15,16)(H,17,18)(H,19,20);2*7H,2-6H2,1H3;1H. The highest BCUT2D eigenvalue weighted by atomic mass is 16.4. The van der Waals surface area contributed by atoms with Crippen molar-refractivity contribution in [3.63, 3.8) is 0 Å². The van der Waals surface area contributed by atoms with Crippen LogP contribution >= 0.6 is 0 Å². The molecule has 0 spiro atoms. The Morgan fingerprint density at radius 2 is 1.06 bits per heavy atom. The highest BCUT2D eigenvalue weighted by Crippen LogP contribution is 2.30. The molecule has 0 atom stereocenters. The van der Waals surface area contributed by atoms with Gasteiger partial charge in [-0.1, -0.05) is 89.7 Å². The normalized spacial score (nSPS) is 15.8. The third kappa shape index (κ3) is 9.06. The summed E-state index contributed by atoms with van der Waals surface area (Å²) in [4.78, 5) is 41.5. The number of nitrogens with one attached hydrogen (secondary N) is 1. The van der Waals surface area contributed by atoms with E-state index in [1.54, 1.807) is 6.92 Å². The number of benzene rings is 2. The van der Waals surface area contributed by atoms with Crippen LogP contribution in [0.4, 0.5) is 0 Å². The molecule has 2 saturated carbocycles. The van der Waals surface area contributed by atoms with E-state index in [0.717, 1.165) is 11.8 Å². The van der Waals surface area contributed by atoms with Gasteiger partial charge in [0.25, 0.3) is 0 Å². The van der Waals surface area contributed by atoms with Crippen molar-refractivity contribution >= 4 is 28.6 Å². The molecule has 0 aliphatic heterocycles. The Hall–Kier alpha value is -3.29. The lowest BCUT2D eigenvalue weighted by atomic mass is 9.91. The van der Waals surface area contributed by atoms with Crippen molar-refractivity contribution in [3.05, 3.63) is 51.4 Å². The quantitative estimate of drug-likeness (QED) is 0.327. The van der Waals surface area contributed by atoms with Crippen LogP contribution in [0.2, 0.25) is 0 Å². The monoisotopic (exact) mass is 500 g/mol. The largest absolute Gasteiger partial charge is 0.478 e. The first-order chi connectivity index (χ1) is 17.1. The zero-order chi connectivity index (χ0) is 27.3. The van der Waals surface area contributed by atoms with Gasteiger partial charge in [-0.05, 0) is 42.5 Å². The van der Waals surface area contributed by atoms with Gasteiger partial charge in [-0.2, -0.15) is 4.91 Å². The summed E-state index contributed by atoms with van der Waals surface area (Å²) in [6.45, 7) is 6.36. The van der Waals surface area contributed by atoms with Crippen LogP contribution in [0.3, 0.4) is 0 Å². The van der Waals surface area contributed by atoms with Gasteiger partial charge in [0.15, 0.2) is 0 Å². The first-order valence-corrected chi connectivity index (χ1v) is 12.7. The van der Waals surface area contributed by atoms with Gasteiger partial charge in [-0.25, -0.2) is 9.59 Å². The molecule has 2 aromatic rings. The fourth-order valence-electron chi connectivity index (χ4n) is 4.84. The molecule has 0 heterocycles. The van der Waals surface area contributed by atoms with E-state index in [0.29, 0.717) is 5.56 Å². The van der Waals surface area contributed by atoms with Crippen molar-refractivity contribution in [2.45, 2.75) is 85.0 Å². The van der Waals surface area contributed by atoms with Crippen LogP contribution in [0.25, 0.3) is 10.8 Å². The fourth-order valence-corrected chi connectivity index (χ4v) is 4.84. The number of amides is 1. The van der Waals surface area contributed by atoms with E-state index in [1.165, 1.54) is 88.5 Å². The van der Waals surface area contributed by atoms with Gasteiger partial charge < -0.3 is 15.9 Å². The summed E-state index contributed by atoms with van der Waals surface area (Å²) in [6.07, 6.45) is 14.9. The molecule has 8 nitrogen and oxygen atoms in total. The van der Waals surface area contributed by atoms with Crippen LogP contribution in [0, 0.1) is 29.3 Å². The topological polar surface area (TPSA) is 159 Å². The zero-order valence-corrected chi connectivity index (χ0v) is 21.6. The van der Waals surface area contributed by atoms with Crippen LogP contribution < -0.4 is 5.73 Å². The summed E-state index contributed by atoms with van der Waals surface area (Å²) < 4.78 is 0. The molecular formula is C28H40N2O6. The Labute approximate surface area is 213 Å². The number of carboxylic acid groups (broad SMARTS) is 2. The summed E-state index contributed by atoms with van der Waals surface area (Å²) in [6, 6.07) is 5.32. The SMILES string of the molecule is CC1CCCCC1.CC1CCCCC1.Cc1ccc(C(=O)O)c2c(C(N)=O)ccc(C(=O)O)c12.N=O. The predicted molar refractivity (Wildman–Crippen MR) is 142 cm³/mol. The minimum atomic E-state index is -1.25. The maximum atomic E-state index is 11.5. The first-order valence-electron chi connectivity index (χ1n) is 12.7. The van der Waals surface area contributed by atoms with Gasteiger partial charge in [0, 0.05) is 16.3 Å². The van der Waals surface area contributed by atoms with Crippen molar-refractivity contribution in [1.82, 2.24) is 0 Å². The summed E-state index contributed by atoms with van der Waals surface area (Å²) >= 11 is 0. The lowest BCUT2D eigenvalue weighted by molar-refractivity contribution is 0.0686. The second-order valence-corrected chi connectivity index (χ2v) is 9.80. The van der Waals surface area contributed by atoms with E-state index >= 15 is 0 Å². The molecule has 5 N–H and O–H groups in total. The van der Waals surface area contributed by atoms with E-state index in [1.807, 2.05) is 0 Å². The zero-order valence-electron chi connectivity index (χ0n) is 21.6. The molecule has 4 rings (SSSR count). The molecule has 8 heteroatoms. The van der Waals surface area contributed by atoms with Crippen LogP contribution in [0.15, 0.2) is 24.3 Å². The maximum absolute atomic E-state index is 11.5. The van der Waals surface area contributed by atoms with Crippen molar-refractivity contribution < 1.29 is 24.6 Å². The number of rotatable bonds is 3. The summed E-state index contributed by atoms with van der Waals surface area (Å²) in [5, 5.41) is 18.7. The Bertz CT molecular complexity index is 988. The maximum Gasteiger partial charge on any atom is 0.336 e. The number of nitrogens with two attached hydrogens (primary N) is 1. The van der Waals surface area contributed by atoms with E-state index in [2.05, 4.69) is 19.4 Å². The number of hydrogen-bond acceptors (Lipinski definition) is 5. The van der Waals surface area contributed by atoms with Crippen LogP contribution in [-0.2, 0) is 0 Å². The Kier molecular flexibility index (Phi) is 13.4. The van der Waals surface area contributed by atoms with Crippen LogP contribution in [-0.4, -0.2) is 28.1 Å². The average molecular weight is 501 g/mol. The molecule has 2 fully saturated rings. The van der Waals surface area contributed by atoms with Gasteiger partial charge in [0.2, 0.25) is 5.91 Å². The molecule has 0 saturated heterocycles. The molecule has 2 aromatic carbocycles. The Balaban J connectivity index is 0.000000328. The predicted octanol–water partition coefficient (Wildman–Crippen LogP) is 7.15. The second kappa shape index (κ2) is 15.7. The molecule has 198 valence electrons. The highest BCUT2D eigenvalue weighted by molar-refractivity contribution is 6.18. The summed E-state index contributed by atoms with van der Waals surface area (Å²) in [7, 11) is 0. The average Bonchev–Trinajstić information content (AvgIpc) is 2.86. The molecule has 0 bridgehead atoms. The van der Waals surface area contributed by atoms with Gasteiger partial charge >= 0.3 is 11.9 Å². The van der Waals surface area contributed by atoms with Gasteiger partial charge in [0.1, 0.15) is 0 Å². The lowest BCUT2D eigenvalue weighted by Crippen LogP contribution is -2.14. The van der Waals surface area contributed by atoms with E-state index in [9.17, 15) is 24.6 Å². The smallest absolute Gasteiger partial charge is 0.336 e. The molecule has 2 aliphatic rings. The van der Waals surface area contributed by atoms with Crippen molar-refractivity contribution in [2.24, 2.45) is 17.6 Å². The summed E-state index contributed by atoms with van der Waals surface area (Å²) in [5.74, 6) is -1.18. The van der Waals surface area contributed by atoms with Crippen molar-refractivity contribution in [1.29, 1.82) is 5.59 Å². The molecule has 0 aromatic heterocycles. The number of primary amides is 1. The third-order valence-electron chi connectivity index (χ3n) is 6.88. The fraction of sp³-hybridized carbons (Fsp3) is 0.536.